The number of halogens is 1. The molecule has 5 nitrogen and oxygen atoms in total. The Hall–Kier alpha value is -1.95. The Morgan fingerprint density at radius 1 is 1.14 bits per heavy atom. The molecular formula is C23H33FN2O3. The Labute approximate surface area is 173 Å². The topological polar surface area (TPSA) is 49.9 Å². The summed E-state index contributed by atoms with van der Waals surface area (Å²) in [5.41, 5.74) is -0.340. The van der Waals surface area contributed by atoms with Gasteiger partial charge in [-0.15, -0.1) is 0 Å². The van der Waals surface area contributed by atoms with Gasteiger partial charge in [-0.3, -0.25) is 14.5 Å². The molecule has 1 saturated heterocycles. The quantitative estimate of drug-likeness (QED) is 0.713. The highest BCUT2D eigenvalue weighted by atomic mass is 19.1. The number of carbonyl (C=O) groups excluding carboxylic acids is 2. The maximum atomic E-state index is 13.5. The lowest BCUT2D eigenvalue weighted by atomic mass is 9.83. The van der Waals surface area contributed by atoms with Crippen LogP contribution in [-0.4, -0.2) is 53.1 Å². The molecule has 1 spiro atoms. The third-order valence-corrected chi connectivity index (χ3v) is 6.21. The molecule has 160 valence electrons. The molecule has 1 aromatic rings. The molecule has 1 aromatic carbocycles. The average Bonchev–Trinajstić information content (AvgIpc) is 3.08. The van der Waals surface area contributed by atoms with Crippen molar-refractivity contribution in [1.29, 1.82) is 0 Å². The van der Waals surface area contributed by atoms with Gasteiger partial charge in [0.25, 0.3) is 5.91 Å². The van der Waals surface area contributed by atoms with Gasteiger partial charge in [-0.25, -0.2) is 4.39 Å². The summed E-state index contributed by atoms with van der Waals surface area (Å²) in [6.45, 7) is 7.88. The Balaban J connectivity index is 1.93. The molecule has 0 radical (unpaired) electrons. The summed E-state index contributed by atoms with van der Waals surface area (Å²) < 4.78 is 19.6. The van der Waals surface area contributed by atoms with Crippen LogP contribution in [0.3, 0.4) is 0 Å². The van der Waals surface area contributed by atoms with Crippen LogP contribution in [0.1, 0.15) is 69.7 Å². The molecule has 1 aliphatic heterocycles. The van der Waals surface area contributed by atoms with Crippen LogP contribution in [-0.2, 0) is 9.53 Å². The molecule has 0 aromatic heterocycles. The van der Waals surface area contributed by atoms with Crippen LogP contribution in [0.2, 0.25) is 0 Å². The van der Waals surface area contributed by atoms with E-state index >= 15 is 0 Å². The van der Waals surface area contributed by atoms with Gasteiger partial charge in [-0.1, -0.05) is 20.8 Å². The molecule has 3 rings (SSSR count). The SMILES string of the molecule is CCCN(CCC)C(=O)C1COC2(CCC(C)CC2)N1C(=O)c1ccc(F)cc1. The second kappa shape index (κ2) is 9.24. The highest BCUT2D eigenvalue weighted by molar-refractivity contribution is 5.98. The van der Waals surface area contributed by atoms with Crippen molar-refractivity contribution < 1.29 is 18.7 Å². The van der Waals surface area contributed by atoms with Gasteiger partial charge in [0.15, 0.2) is 0 Å². The summed E-state index contributed by atoms with van der Waals surface area (Å²) >= 11 is 0. The van der Waals surface area contributed by atoms with Crippen LogP contribution in [0.5, 0.6) is 0 Å². The first-order valence-electron chi connectivity index (χ1n) is 10.9. The summed E-state index contributed by atoms with van der Waals surface area (Å²) in [4.78, 5) is 30.5. The standard InChI is InChI=1S/C23H33FN2O3/c1-4-14-25(15-5-2)22(28)20-16-29-23(12-10-17(3)11-13-23)26(20)21(27)18-6-8-19(24)9-7-18/h6-9,17,20H,4-5,10-16H2,1-3H3. The van der Waals surface area contributed by atoms with E-state index in [9.17, 15) is 14.0 Å². The van der Waals surface area contributed by atoms with Crippen LogP contribution < -0.4 is 0 Å². The van der Waals surface area contributed by atoms with Crippen LogP contribution >= 0.6 is 0 Å². The number of hydrogen-bond donors (Lipinski definition) is 0. The summed E-state index contributed by atoms with van der Waals surface area (Å²) in [6.07, 6.45) is 5.12. The van der Waals surface area contributed by atoms with Crippen molar-refractivity contribution in [3.8, 4) is 0 Å². The maximum Gasteiger partial charge on any atom is 0.256 e. The zero-order chi connectivity index (χ0) is 21.0. The Kier molecular flexibility index (Phi) is 6.93. The zero-order valence-corrected chi connectivity index (χ0v) is 17.8. The second-order valence-corrected chi connectivity index (χ2v) is 8.46. The molecule has 1 heterocycles. The number of carbonyl (C=O) groups is 2. The predicted molar refractivity (Wildman–Crippen MR) is 110 cm³/mol. The number of hydrogen-bond acceptors (Lipinski definition) is 3. The summed E-state index contributed by atoms with van der Waals surface area (Å²) in [6, 6.07) is 4.94. The van der Waals surface area contributed by atoms with E-state index in [1.54, 1.807) is 4.90 Å². The van der Waals surface area contributed by atoms with Gasteiger partial charge in [0.05, 0.1) is 6.61 Å². The smallest absolute Gasteiger partial charge is 0.256 e. The summed E-state index contributed by atoms with van der Waals surface area (Å²) in [5, 5.41) is 0. The molecule has 1 unspecified atom stereocenters. The number of ether oxygens (including phenoxy) is 1. The molecule has 2 fully saturated rings. The van der Waals surface area contributed by atoms with E-state index in [4.69, 9.17) is 4.74 Å². The first-order chi connectivity index (χ1) is 13.9. The lowest BCUT2D eigenvalue weighted by Gasteiger charge is -2.43. The Morgan fingerprint density at radius 3 is 2.28 bits per heavy atom. The molecule has 1 saturated carbocycles. The van der Waals surface area contributed by atoms with E-state index < -0.39 is 11.8 Å². The van der Waals surface area contributed by atoms with E-state index in [1.165, 1.54) is 24.3 Å². The van der Waals surface area contributed by atoms with E-state index in [1.807, 2.05) is 18.7 Å². The van der Waals surface area contributed by atoms with Gasteiger partial charge in [0, 0.05) is 18.7 Å². The molecule has 6 heteroatoms. The maximum absolute atomic E-state index is 13.5. The highest BCUT2D eigenvalue weighted by Crippen LogP contribution is 2.43. The number of benzene rings is 1. The van der Waals surface area contributed by atoms with Crippen LogP contribution in [0, 0.1) is 11.7 Å². The number of nitrogens with zero attached hydrogens (tertiary/aromatic N) is 2. The van der Waals surface area contributed by atoms with Crippen molar-refractivity contribution >= 4 is 11.8 Å². The van der Waals surface area contributed by atoms with Crippen molar-refractivity contribution in [1.82, 2.24) is 9.80 Å². The number of amides is 2. The van der Waals surface area contributed by atoms with Crippen LogP contribution in [0.15, 0.2) is 24.3 Å². The summed E-state index contributed by atoms with van der Waals surface area (Å²) in [7, 11) is 0. The van der Waals surface area contributed by atoms with Gasteiger partial charge in [-0.2, -0.15) is 0 Å². The first kappa shape index (κ1) is 21.8. The highest BCUT2D eigenvalue weighted by Gasteiger charge is 2.54. The van der Waals surface area contributed by atoms with Gasteiger partial charge >= 0.3 is 0 Å². The van der Waals surface area contributed by atoms with Gasteiger partial charge < -0.3 is 9.64 Å². The average molecular weight is 405 g/mol. The van der Waals surface area contributed by atoms with Crippen LogP contribution in [0.4, 0.5) is 4.39 Å². The molecule has 29 heavy (non-hydrogen) atoms. The van der Waals surface area contributed by atoms with Gasteiger partial charge in [-0.05, 0) is 68.7 Å². The molecular weight excluding hydrogens is 371 g/mol. The van der Waals surface area contributed by atoms with E-state index in [2.05, 4.69) is 6.92 Å². The van der Waals surface area contributed by atoms with Crippen molar-refractivity contribution in [2.24, 2.45) is 5.92 Å². The van der Waals surface area contributed by atoms with Crippen molar-refractivity contribution in [3.05, 3.63) is 35.6 Å². The lowest BCUT2D eigenvalue weighted by molar-refractivity contribution is -0.137. The van der Waals surface area contributed by atoms with Crippen molar-refractivity contribution in [3.63, 3.8) is 0 Å². The monoisotopic (exact) mass is 404 g/mol. The minimum Gasteiger partial charge on any atom is -0.353 e. The van der Waals surface area contributed by atoms with Crippen molar-refractivity contribution in [2.45, 2.75) is 71.1 Å². The fourth-order valence-corrected chi connectivity index (χ4v) is 4.58. The van der Waals surface area contributed by atoms with E-state index in [0.29, 0.717) is 24.6 Å². The minimum atomic E-state index is -0.734. The van der Waals surface area contributed by atoms with Crippen molar-refractivity contribution in [2.75, 3.05) is 19.7 Å². The molecule has 2 aliphatic rings. The minimum absolute atomic E-state index is 0.0420. The fraction of sp³-hybridized carbons (Fsp3) is 0.652. The lowest BCUT2D eigenvalue weighted by Crippen LogP contribution is -2.57. The fourth-order valence-electron chi connectivity index (χ4n) is 4.58. The predicted octanol–water partition coefficient (Wildman–Crippen LogP) is 4.22. The van der Waals surface area contributed by atoms with E-state index in [0.717, 1.165) is 38.5 Å². The zero-order valence-electron chi connectivity index (χ0n) is 17.8. The second-order valence-electron chi connectivity index (χ2n) is 8.46. The van der Waals surface area contributed by atoms with E-state index in [-0.39, 0.29) is 24.2 Å². The molecule has 0 N–H and O–H groups in total. The third-order valence-electron chi connectivity index (χ3n) is 6.21. The summed E-state index contributed by atoms with van der Waals surface area (Å²) in [5.74, 6) is -0.0911. The molecule has 0 bridgehead atoms. The number of rotatable bonds is 6. The van der Waals surface area contributed by atoms with Gasteiger partial charge in [0.2, 0.25) is 5.91 Å². The normalized spacial score (nSPS) is 26.7. The molecule has 1 aliphatic carbocycles. The Bertz CT molecular complexity index is 707. The van der Waals surface area contributed by atoms with Gasteiger partial charge in [0.1, 0.15) is 17.6 Å². The largest absolute Gasteiger partial charge is 0.353 e. The molecule has 2 amide bonds. The Morgan fingerprint density at radius 2 is 1.72 bits per heavy atom. The third kappa shape index (κ3) is 4.47. The first-order valence-corrected chi connectivity index (χ1v) is 10.9. The molecule has 1 atom stereocenters. The van der Waals surface area contributed by atoms with Crippen LogP contribution in [0.25, 0.3) is 0 Å².